The molecule has 0 atom stereocenters. The molecule has 0 unspecified atom stereocenters. The first-order valence-electron chi connectivity index (χ1n) is 14.4. The van der Waals surface area contributed by atoms with Crippen molar-refractivity contribution in [3.05, 3.63) is 149 Å². The number of ketones is 1. The van der Waals surface area contributed by atoms with Crippen molar-refractivity contribution < 1.29 is 68.0 Å². The fourth-order valence-electron chi connectivity index (χ4n) is 3.97. The Morgan fingerprint density at radius 1 is 0.740 bits per heavy atom. The monoisotopic (exact) mass is 710 g/mol. The number of H-pyrrole nitrogens is 1. The van der Waals surface area contributed by atoms with Gasteiger partial charge in [-0.2, -0.15) is 5.10 Å². The normalized spacial score (nSPS) is 9.88. The van der Waals surface area contributed by atoms with Crippen LogP contribution in [0.3, 0.4) is 0 Å². The third-order valence-corrected chi connectivity index (χ3v) is 6.42. The summed E-state index contributed by atoms with van der Waals surface area (Å²) in [6, 6.07) is 35.2. The molecule has 0 fully saturated rings. The van der Waals surface area contributed by atoms with Crippen LogP contribution in [-0.2, 0) is 27.5 Å². The SMILES string of the molecule is COC(=O)/C([O-])=C/C(=O)c1ccc(OCc2ccccc2)cc1.COC(=O)c1cc(-c2ccc(OCc3ccccc3)cc2)n[nH]1.Cl.NN.[Na+]. The van der Waals surface area contributed by atoms with Crippen molar-refractivity contribution in [2.75, 3.05) is 14.2 Å². The minimum atomic E-state index is -1.07. The maximum absolute atomic E-state index is 11.8. The smallest absolute Gasteiger partial charge is 0.867 e. The van der Waals surface area contributed by atoms with Gasteiger partial charge in [0.1, 0.15) is 30.4 Å². The summed E-state index contributed by atoms with van der Waals surface area (Å²) in [5.74, 6) is 6.33. The first kappa shape index (κ1) is 43.1. The van der Waals surface area contributed by atoms with Crippen LogP contribution in [0.25, 0.3) is 11.3 Å². The molecule has 4 aromatic carbocycles. The Labute approximate surface area is 318 Å². The third-order valence-electron chi connectivity index (χ3n) is 6.42. The molecule has 0 radical (unpaired) electrons. The number of hydrazine groups is 1. The van der Waals surface area contributed by atoms with Crippen LogP contribution in [0, 0.1) is 0 Å². The molecule has 50 heavy (non-hydrogen) atoms. The molecule has 0 spiro atoms. The predicted molar refractivity (Wildman–Crippen MR) is 183 cm³/mol. The number of halogens is 1. The predicted octanol–water partition coefficient (Wildman–Crippen LogP) is 1.55. The van der Waals surface area contributed by atoms with Crippen molar-refractivity contribution in [1.82, 2.24) is 10.2 Å². The molecule has 1 heterocycles. The second-order valence-corrected chi connectivity index (χ2v) is 9.62. The van der Waals surface area contributed by atoms with Gasteiger partial charge in [-0.15, -0.1) is 12.4 Å². The van der Waals surface area contributed by atoms with Crippen LogP contribution in [0.1, 0.15) is 32.0 Å². The average Bonchev–Trinajstić information content (AvgIpc) is 3.65. The molecule has 5 aromatic rings. The van der Waals surface area contributed by atoms with Gasteiger partial charge in [0.2, 0.25) is 0 Å². The number of hydrogen-bond donors (Lipinski definition) is 3. The molecule has 0 aliphatic heterocycles. The van der Waals surface area contributed by atoms with Crippen LogP contribution in [0.5, 0.6) is 11.5 Å². The number of carbonyl (C=O) groups excluding carboxylic acids is 3. The van der Waals surface area contributed by atoms with Crippen LogP contribution in [0.4, 0.5) is 0 Å². The Morgan fingerprint density at radius 3 is 1.68 bits per heavy atom. The third kappa shape index (κ3) is 13.9. The molecule has 0 saturated heterocycles. The first-order valence-corrected chi connectivity index (χ1v) is 14.4. The minimum absolute atomic E-state index is 0. The summed E-state index contributed by atoms with van der Waals surface area (Å²) in [6.45, 7) is 0.941. The van der Waals surface area contributed by atoms with Crippen molar-refractivity contribution in [3.63, 3.8) is 0 Å². The zero-order chi connectivity index (χ0) is 34.7. The van der Waals surface area contributed by atoms with E-state index in [-0.39, 0.29) is 47.5 Å². The van der Waals surface area contributed by atoms with Gasteiger partial charge in [0, 0.05) is 11.1 Å². The van der Waals surface area contributed by atoms with Crippen molar-refractivity contribution in [2.24, 2.45) is 11.7 Å². The number of hydrogen-bond acceptors (Lipinski definition) is 11. The summed E-state index contributed by atoms with van der Waals surface area (Å²) in [5, 5.41) is 18.1. The number of carbonyl (C=O) groups is 3. The van der Waals surface area contributed by atoms with E-state index in [1.807, 2.05) is 84.9 Å². The second kappa shape index (κ2) is 23.4. The van der Waals surface area contributed by atoms with Crippen LogP contribution in [0.15, 0.2) is 127 Å². The van der Waals surface area contributed by atoms with Crippen LogP contribution >= 0.6 is 12.4 Å². The van der Waals surface area contributed by atoms with E-state index in [9.17, 15) is 19.5 Å². The molecule has 1 aromatic heterocycles. The van der Waals surface area contributed by atoms with Crippen LogP contribution < -0.4 is 55.8 Å². The van der Waals surface area contributed by atoms with E-state index < -0.39 is 23.5 Å². The molecule has 0 aliphatic carbocycles. The first-order chi connectivity index (χ1) is 23.4. The number of methoxy groups -OCH3 is 2. The Hall–Kier alpha value is -4.95. The van der Waals surface area contributed by atoms with E-state index in [0.717, 1.165) is 29.5 Å². The van der Waals surface area contributed by atoms with Gasteiger partial charge in [-0.3, -0.25) is 21.6 Å². The number of nitrogens with zero attached hydrogens (tertiary/aromatic N) is 1. The summed E-state index contributed by atoms with van der Waals surface area (Å²) in [5.41, 5.74) is 4.33. The number of allylic oxidation sites excluding steroid dienone is 1. The maximum Gasteiger partial charge on any atom is 1.00 e. The van der Waals surface area contributed by atoms with Crippen molar-refractivity contribution in [2.45, 2.75) is 13.2 Å². The van der Waals surface area contributed by atoms with E-state index in [4.69, 9.17) is 9.47 Å². The zero-order valence-electron chi connectivity index (χ0n) is 27.7. The quantitative estimate of drug-likeness (QED) is 0.0343. The van der Waals surface area contributed by atoms with Gasteiger partial charge in [0.25, 0.3) is 0 Å². The number of esters is 2. The number of aromatic amines is 1. The van der Waals surface area contributed by atoms with Gasteiger partial charge in [0.15, 0.2) is 5.78 Å². The van der Waals surface area contributed by atoms with Crippen LogP contribution in [0.2, 0.25) is 0 Å². The van der Waals surface area contributed by atoms with Gasteiger partial charge in [0.05, 0.1) is 19.9 Å². The number of rotatable bonds is 11. The summed E-state index contributed by atoms with van der Waals surface area (Å²) >= 11 is 0. The maximum atomic E-state index is 11.8. The van der Waals surface area contributed by atoms with E-state index in [1.54, 1.807) is 18.2 Å². The summed E-state index contributed by atoms with van der Waals surface area (Å²) < 4.78 is 20.2. The van der Waals surface area contributed by atoms with Gasteiger partial charge in [-0.1, -0.05) is 60.7 Å². The fraction of sp³-hybridized carbons (Fsp3) is 0.111. The number of ether oxygens (including phenoxy) is 4. The van der Waals surface area contributed by atoms with Crippen LogP contribution in [-0.4, -0.2) is 42.1 Å². The number of aromatic nitrogens is 2. The Kier molecular flexibility index (Phi) is 20.2. The number of nitrogens with two attached hydrogens (primary N) is 2. The molecular weight excluding hydrogens is 675 g/mol. The topological polar surface area (TPSA) is 192 Å². The molecule has 5 rings (SSSR count). The van der Waals surface area contributed by atoms with Gasteiger partial charge in [-0.25, -0.2) is 9.59 Å². The van der Waals surface area contributed by atoms with Gasteiger partial charge < -0.3 is 24.1 Å². The molecule has 0 bridgehead atoms. The summed E-state index contributed by atoms with van der Waals surface area (Å²) in [4.78, 5) is 34.2. The molecular formula is C36H36ClN4NaO8. The van der Waals surface area contributed by atoms with Gasteiger partial charge in [-0.05, 0) is 77.6 Å². The summed E-state index contributed by atoms with van der Waals surface area (Å²) in [7, 11) is 2.42. The molecule has 14 heteroatoms. The Bertz CT molecular complexity index is 1770. The van der Waals surface area contributed by atoms with E-state index in [1.165, 1.54) is 19.2 Å². The van der Waals surface area contributed by atoms with Crippen molar-refractivity contribution in [3.8, 4) is 22.8 Å². The largest absolute Gasteiger partial charge is 1.00 e. The Balaban J connectivity index is 0.000000459. The van der Waals surface area contributed by atoms with Crippen molar-refractivity contribution in [1.29, 1.82) is 0 Å². The number of benzene rings is 4. The van der Waals surface area contributed by atoms with Gasteiger partial charge >= 0.3 is 41.5 Å². The number of nitrogens with one attached hydrogen (secondary N) is 1. The molecule has 0 amide bonds. The Morgan fingerprint density at radius 2 is 1.22 bits per heavy atom. The molecule has 256 valence electrons. The minimum Gasteiger partial charge on any atom is -0.867 e. The van der Waals surface area contributed by atoms with E-state index in [2.05, 4.69) is 31.4 Å². The zero-order valence-corrected chi connectivity index (χ0v) is 30.6. The molecule has 0 aliphatic rings. The molecule has 0 saturated carbocycles. The van der Waals surface area contributed by atoms with E-state index >= 15 is 0 Å². The summed E-state index contributed by atoms with van der Waals surface area (Å²) in [6.07, 6.45) is 0.714. The van der Waals surface area contributed by atoms with Crippen molar-refractivity contribution >= 4 is 30.1 Å². The fourth-order valence-corrected chi connectivity index (χ4v) is 3.97. The molecule has 12 nitrogen and oxygen atoms in total. The van der Waals surface area contributed by atoms with E-state index in [0.29, 0.717) is 36.4 Å². The average molecular weight is 711 g/mol. The second-order valence-electron chi connectivity index (χ2n) is 9.62. The standard InChI is InChI=1S/C18H16N2O3.C18H16O5.ClH.H4N2.Na/c1-22-18(21)17-11-16(19-20-17)14-7-9-15(10-8-14)23-12-13-5-3-2-4-6-13;1-22-18(21)17(20)11-16(19)14-7-9-15(10-8-14)23-12-13-5-3-2-4-6-13;;1-2;/h2-11H,12H2,1H3,(H,19,20);2-11,20H,12H2,1H3;1H;1-2H2;/q;;;;+1/p-1/b;17-11-;;;. The molecule has 5 N–H and O–H groups in total.